The molecule has 1 amide bonds. The Morgan fingerprint density at radius 3 is 2.38 bits per heavy atom. The first-order valence-corrected chi connectivity index (χ1v) is 14.0. The number of nitrogens with zero attached hydrogens (tertiary/aromatic N) is 1. The topological polar surface area (TPSA) is 102 Å². The molecule has 39 heavy (non-hydrogen) atoms. The number of halogens is 5. The summed E-state index contributed by atoms with van der Waals surface area (Å²) in [5.41, 5.74) is -0.293. The van der Waals surface area contributed by atoms with Gasteiger partial charge in [-0.05, 0) is 43.3 Å². The van der Waals surface area contributed by atoms with E-state index in [9.17, 15) is 31.2 Å². The monoisotopic (exact) mass is 624 g/mol. The number of thiophene rings is 1. The summed E-state index contributed by atoms with van der Waals surface area (Å²) < 4.78 is 76.6. The minimum Gasteiger partial charge on any atom is -0.493 e. The molecule has 0 saturated carbocycles. The first-order chi connectivity index (χ1) is 18.2. The van der Waals surface area contributed by atoms with Crippen LogP contribution in [0.15, 0.2) is 47.4 Å². The van der Waals surface area contributed by atoms with Gasteiger partial charge in [0.25, 0.3) is 15.9 Å². The molecule has 0 aliphatic rings. The molecule has 1 heterocycles. The summed E-state index contributed by atoms with van der Waals surface area (Å²) in [5.74, 6) is -1.49. The zero-order valence-corrected chi connectivity index (χ0v) is 23.7. The molecule has 2 aromatic carbocycles. The fraction of sp³-hybridized carbons (Fsp3) is 0.250. The Kier molecular flexibility index (Phi) is 9.42. The number of anilines is 2. The van der Waals surface area contributed by atoms with Gasteiger partial charge in [-0.15, -0.1) is 11.3 Å². The maximum Gasteiger partial charge on any atom is 0.396 e. The van der Waals surface area contributed by atoms with Gasteiger partial charge in [-0.3, -0.25) is 13.9 Å². The zero-order chi connectivity index (χ0) is 29.1. The Labute approximate surface area is 236 Å². The lowest BCUT2D eigenvalue weighted by molar-refractivity contribution is -0.125. The van der Waals surface area contributed by atoms with Gasteiger partial charge in [-0.25, -0.2) is 8.42 Å². The third kappa shape index (κ3) is 7.35. The second kappa shape index (κ2) is 12.0. The number of hydrogen-bond acceptors (Lipinski definition) is 7. The summed E-state index contributed by atoms with van der Waals surface area (Å²) in [6, 6.07) is 8.82. The van der Waals surface area contributed by atoms with E-state index in [0.29, 0.717) is 23.7 Å². The van der Waals surface area contributed by atoms with Crippen LogP contribution in [0.4, 0.5) is 24.5 Å². The molecule has 0 atom stereocenters. The van der Waals surface area contributed by atoms with Gasteiger partial charge in [0, 0.05) is 29.4 Å². The number of sulfonamides is 1. The fourth-order valence-corrected chi connectivity index (χ4v) is 6.51. The maximum absolute atomic E-state index is 13.5. The summed E-state index contributed by atoms with van der Waals surface area (Å²) in [5, 5.41) is 2.27. The van der Waals surface area contributed by atoms with Crippen molar-refractivity contribution in [3.63, 3.8) is 0 Å². The summed E-state index contributed by atoms with van der Waals surface area (Å²) in [4.78, 5) is 24.4. The lowest BCUT2D eigenvalue weighted by Crippen LogP contribution is -2.28. The number of ketones is 1. The van der Waals surface area contributed by atoms with Crippen molar-refractivity contribution < 1.29 is 40.7 Å². The van der Waals surface area contributed by atoms with Crippen LogP contribution in [0.5, 0.6) is 11.5 Å². The van der Waals surface area contributed by atoms with Gasteiger partial charge in [0.15, 0.2) is 17.3 Å². The van der Waals surface area contributed by atoms with Crippen molar-refractivity contribution in [3.8, 4) is 11.5 Å². The minimum absolute atomic E-state index is 0.0106. The molecule has 3 aromatic rings. The molecule has 0 unspecified atom stereocenters. The van der Waals surface area contributed by atoms with Gasteiger partial charge in [-0.2, -0.15) is 13.2 Å². The van der Waals surface area contributed by atoms with Crippen LogP contribution in [-0.4, -0.2) is 47.0 Å². The van der Waals surface area contributed by atoms with Gasteiger partial charge in [-0.1, -0.05) is 23.2 Å². The third-order valence-electron chi connectivity index (χ3n) is 5.16. The Morgan fingerprint density at radius 2 is 1.77 bits per heavy atom. The standard InChI is InChI=1S/C24H21Cl2F3N2O6S2/c1-4-37-18-6-5-16(10-19(18)36-3)31(2)39(34,35)20-11-21(26)38-22(20)23(33)30-15-8-13(7-14(25)9-15)17(32)12-24(27,28)29/h5-11H,4,12H2,1-3H3,(H,30,33). The minimum atomic E-state index is -4.74. The highest BCUT2D eigenvalue weighted by Crippen LogP contribution is 2.37. The van der Waals surface area contributed by atoms with E-state index < -0.39 is 39.2 Å². The van der Waals surface area contributed by atoms with Crippen molar-refractivity contribution in [1.82, 2.24) is 0 Å². The predicted octanol–water partition coefficient (Wildman–Crippen LogP) is 6.67. The van der Waals surface area contributed by atoms with Crippen molar-refractivity contribution in [2.24, 2.45) is 0 Å². The molecule has 0 radical (unpaired) electrons. The average molecular weight is 625 g/mol. The molecule has 0 spiro atoms. The van der Waals surface area contributed by atoms with E-state index in [1.165, 1.54) is 38.4 Å². The molecular weight excluding hydrogens is 604 g/mol. The van der Waals surface area contributed by atoms with E-state index in [-0.39, 0.29) is 36.9 Å². The number of alkyl halides is 3. The third-order valence-corrected chi connectivity index (χ3v) is 8.58. The van der Waals surface area contributed by atoms with E-state index in [0.717, 1.165) is 22.5 Å². The molecule has 0 saturated heterocycles. The van der Waals surface area contributed by atoms with Gasteiger partial charge in [0.1, 0.15) is 16.2 Å². The lowest BCUT2D eigenvalue weighted by Gasteiger charge is -2.21. The number of ether oxygens (including phenoxy) is 2. The van der Waals surface area contributed by atoms with E-state index in [1.807, 2.05) is 0 Å². The van der Waals surface area contributed by atoms with Crippen LogP contribution in [0.3, 0.4) is 0 Å². The first kappa shape index (κ1) is 30.5. The second-order valence-corrected chi connectivity index (χ2v) is 11.9. The van der Waals surface area contributed by atoms with Crippen molar-refractivity contribution in [2.45, 2.75) is 24.4 Å². The Balaban J connectivity index is 1.93. The maximum atomic E-state index is 13.5. The molecule has 1 N–H and O–H groups in total. The van der Waals surface area contributed by atoms with E-state index in [1.54, 1.807) is 6.92 Å². The molecular formula is C24H21Cl2F3N2O6S2. The summed E-state index contributed by atoms with van der Waals surface area (Å²) in [6.45, 7) is 2.14. The number of nitrogens with one attached hydrogen (secondary N) is 1. The Morgan fingerprint density at radius 1 is 1.08 bits per heavy atom. The highest BCUT2D eigenvalue weighted by atomic mass is 35.5. The van der Waals surface area contributed by atoms with Crippen molar-refractivity contribution in [2.75, 3.05) is 30.4 Å². The number of carbonyl (C=O) groups is 2. The zero-order valence-electron chi connectivity index (χ0n) is 20.6. The SMILES string of the molecule is CCOc1ccc(N(C)S(=O)(=O)c2cc(Cl)sc2C(=O)Nc2cc(Cl)cc(C(=O)CC(F)(F)F)c2)cc1OC. The van der Waals surface area contributed by atoms with Crippen LogP contribution in [0.1, 0.15) is 33.4 Å². The molecule has 1 aromatic heterocycles. The quantitative estimate of drug-likeness (QED) is 0.253. The van der Waals surface area contributed by atoms with E-state index in [4.69, 9.17) is 32.7 Å². The Hall–Kier alpha value is -3.00. The number of Topliss-reactive ketones (excluding diaryl/α,β-unsaturated/α-hetero) is 1. The summed E-state index contributed by atoms with van der Waals surface area (Å²) in [6.07, 6.45) is -6.45. The van der Waals surface area contributed by atoms with Gasteiger partial charge in [0.05, 0.1) is 23.7 Å². The van der Waals surface area contributed by atoms with Crippen LogP contribution in [0.25, 0.3) is 0 Å². The smallest absolute Gasteiger partial charge is 0.396 e. The largest absolute Gasteiger partial charge is 0.493 e. The number of hydrogen-bond donors (Lipinski definition) is 1. The summed E-state index contributed by atoms with van der Waals surface area (Å²) >= 11 is 12.7. The van der Waals surface area contributed by atoms with E-state index in [2.05, 4.69) is 5.32 Å². The molecule has 15 heteroatoms. The number of methoxy groups -OCH3 is 1. The predicted molar refractivity (Wildman–Crippen MR) is 143 cm³/mol. The molecule has 0 fully saturated rings. The average Bonchev–Trinajstić information content (AvgIpc) is 3.25. The van der Waals surface area contributed by atoms with Crippen LogP contribution >= 0.6 is 34.5 Å². The number of benzene rings is 2. The molecule has 0 aliphatic heterocycles. The highest BCUT2D eigenvalue weighted by molar-refractivity contribution is 7.93. The van der Waals surface area contributed by atoms with Gasteiger partial charge >= 0.3 is 6.18 Å². The van der Waals surface area contributed by atoms with Crippen molar-refractivity contribution >= 4 is 67.6 Å². The van der Waals surface area contributed by atoms with Crippen LogP contribution < -0.4 is 19.1 Å². The molecule has 0 aliphatic carbocycles. The van der Waals surface area contributed by atoms with Crippen molar-refractivity contribution in [3.05, 3.63) is 62.3 Å². The van der Waals surface area contributed by atoms with Gasteiger partial charge in [0.2, 0.25) is 0 Å². The highest BCUT2D eigenvalue weighted by Gasteiger charge is 2.33. The number of rotatable bonds is 10. The van der Waals surface area contributed by atoms with Crippen LogP contribution in [-0.2, 0) is 10.0 Å². The molecule has 0 bridgehead atoms. The van der Waals surface area contributed by atoms with Crippen molar-refractivity contribution in [1.29, 1.82) is 0 Å². The lowest BCUT2D eigenvalue weighted by atomic mass is 10.1. The summed E-state index contributed by atoms with van der Waals surface area (Å²) in [7, 11) is -1.67. The molecule has 8 nitrogen and oxygen atoms in total. The van der Waals surface area contributed by atoms with Gasteiger partial charge < -0.3 is 14.8 Å². The fourth-order valence-electron chi connectivity index (χ4n) is 3.40. The van der Waals surface area contributed by atoms with Crippen LogP contribution in [0.2, 0.25) is 9.36 Å². The normalized spacial score (nSPS) is 11.7. The van der Waals surface area contributed by atoms with Crippen LogP contribution in [0, 0.1) is 0 Å². The molecule has 3 rings (SSSR count). The van der Waals surface area contributed by atoms with E-state index >= 15 is 0 Å². The second-order valence-electron chi connectivity index (χ2n) is 7.88. The number of carbonyl (C=O) groups excluding carboxylic acids is 2. The number of amides is 1. The first-order valence-electron chi connectivity index (χ1n) is 11.0. The molecule has 210 valence electrons. The Bertz CT molecular complexity index is 1510.